The van der Waals surface area contributed by atoms with Crippen molar-refractivity contribution in [2.45, 2.75) is 43.7 Å². The molecule has 6 nitrogen and oxygen atoms in total. The number of carboxylic acids is 1. The second-order valence-electron chi connectivity index (χ2n) is 4.82. The Bertz CT molecular complexity index is 584. The van der Waals surface area contributed by atoms with E-state index in [0.717, 1.165) is 12.8 Å². The van der Waals surface area contributed by atoms with Crippen LogP contribution in [0.15, 0.2) is 17.2 Å². The zero-order valence-corrected chi connectivity index (χ0v) is 11.1. The van der Waals surface area contributed by atoms with Crippen molar-refractivity contribution < 1.29 is 18.3 Å². The van der Waals surface area contributed by atoms with Crippen LogP contribution in [0, 0.1) is 0 Å². The van der Waals surface area contributed by atoms with Crippen LogP contribution in [0.5, 0.6) is 0 Å². The van der Waals surface area contributed by atoms with E-state index >= 15 is 0 Å². The van der Waals surface area contributed by atoms with Crippen LogP contribution in [-0.4, -0.2) is 29.6 Å². The molecule has 1 aliphatic rings. The first-order valence-electron chi connectivity index (χ1n) is 5.75. The van der Waals surface area contributed by atoms with Crippen molar-refractivity contribution in [2.24, 2.45) is 0 Å². The first-order chi connectivity index (χ1) is 8.27. The molecule has 7 heteroatoms. The maximum atomic E-state index is 12.1. The Balaban J connectivity index is 2.36. The maximum absolute atomic E-state index is 12.1. The van der Waals surface area contributed by atoms with E-state index in [-0.39, 0.29) is 16.1 Å². The van der Waals surface area contributed by atoms with Gasteiger partial charge in [0.05, 0.1) is 0 Å². The number of nitrogens with one attached hydrogen (secondary N) is 1. The minimum Gasteiger partial charge on any atom is -0.477 e. The first-order valence-corrected chi connectivity index (χ1v) is 7.23. The van der Waals surface area contributed by atoms with Crippen LogP contribution >= 0.6 is 0 Å². The monoisotopic (exact) mass is 272 g/mol. The molecule has 0 aromatic carbocycles. The van der Waals surface area contributed by atoms with Gasteiger partial charge in [0.1, 0.15) is 10.6 Å². The first kappa shape index (κ1) is 13.1. The molecule has 0 atom stereocenters. The van der Waals surface area contributed by atoms with E-state index in [1.807, 2.05) is 6.92 Å². The standard InChI is InChI=1S/C11H16N2O4S/c1-3-13-7-8(6-9(13)10(14)15)18(16,17)12-11(2)4-5-11/h6-7,12H,3-5H2,1-2H3,(H,14,15). The Morgan fingerprint density at radius 1 is 1.56 bits per heavy atom. The quantitative estimate of drug-likeness (QED) is 0.838. The number of aromatic nitrogens is 1. The highest BCUT2D eigenvalue weighted by molar-refractivity contribution is 7.89. The largest absolute Gasteiger partial charge is 0.477 e. The Morgan fingerprint density at radius 2 is 2.17 bits per heavy atom. The second-order valence-corrected chi connectivity index (χ2v) is 6.50. The lowest BCUT2D eigenvalue weighted by Crippen LogP contribution is -2.34. The summed E-state index contributed by atoms with van der Waals surface area (Å²) in [7, 11) is -3.63. The lowest BCUT2D eigenvalue weighted by atomic mass is 10.4. The van der Waals surface area contributed by atoms with E-state index in [1.165, 1.54) is 16.8 Å². The zero-order valence-electron chi connectivity index (χ0n) is 10.3. The summed E-state index contributed by atoms with van der Waals surface area (Å²) in [5, 5.41) is 8.98. The van der Waals surface area contributed by atoms with Gasteiger partial charge in [-0.25, -0.2) is 17.9 Å². The van der Waals surface area contributed by atoms with Gasteiger partial charge >= 0.3 is 5.97 Å². The van der Waals surface area contributed by atoms with Gasteiger partial charge in [-0.15, -0.1) is 0 Å². The van der Waals surface area contributed by atoms with Gasteiger partial charge in [0.2, 0.25) is 10.0 Å². The van der Waals surface area contributed by atoms with Crippen molar-refractivity contribution in [1.82, 2.24) is 9.29 Å². The van der Waals surface area contributed by atoms with Crippen LogP contribution in [0.25, 0.3) is 0 Å². The highest BCUT2D eigenvalue weighted by atomic mass is 32.2. The molecule has 1 aliphatic carbocycles. The molecule has 18 heavy (non-hydrogen) atoms. The molecule has 0 aliphatic heterocycles. The van der Waals surface area contributed by atoms with Crippen molar-refractivity contribution in [3.05, 3.63) is 18.0 Å². The Hall–Kier alpha value is -1.34. The van der Waals surface area contributed by atoms with Crippen LogP contribution in [0.2, 0.25) is 0 Å². The number of hydrogen-bond donors (Lipinski definition) is 2. The molecule has 1 fully saturated rings. The minimum absolute atomic E-state index is 0.00914. The molecule has 0 spiro atoms. The number of sulfonamides is 1. The van der Waals surface area contributed by atoms with E-state index in [9.17, 15) is 13.2 Å². The van der Waals surface area contributed by atoms with E-state index in [1.54, 1.807) is 6.92 Å². The zero-order chi connectivity index (χ0) is 13.6. The van der Waals surface area contributed by atoms with Crippen molar-refractivity contribution in [1.29, 1.82) is 0 Å². The normalized spacial score (nSPS) is 17.7. The topological polar surface area (TPSA) is 88.4 Å². The smallest absolute Gasteiger partial charge is 0.352 e. The fourth-order valence-corrected chi connectivity index (χ4v) is 3.25. The molecule has 0 bridgehead atoms. The summed E-state index contributed by atoms with van der Waals surface area (Å²) in [5.74, 6) is -1.13. The third kappa shape index (κ3) is 2.41. The van der Waals surface area contributed by atoms with Gasteiger partial charge in [-0.3, -0.25) is 0 Å². The molecule has 1 heterocycles. The predicted molar refractivity (Wildman–Crippen MR) is 65.0 cm³/mol. The third-order valence-corrected chi connectivity index (χ3v) is 4.73. The molecule has 0 saturated heterocycles. The van der Waals surface area contributed by atoms with Crippen molar-refractivity contribution in [3.8, 4) is 0 Å². The Kier molecular flexibility index (Phi) is 2.98. The predicted octanol–water partition coefficient (Wildman–Crippen LogP) is 1.04. The third-order valence-electron chi connectivity index (χ3n) is 3.12. The van der Waals surface area contributed by atoms with Gasteiger partial charge in [-0.05, 0) is 32.8 Å². The second kappa shape index (κ2) is 4.10. The fraction of sp³-hybridized carbons (Fsp3) is 0.545. The van der Waals surface area contributed by atoms with E-state index in [2.05, 4.69) is 4.72 Å². The summed E-state index contributed by atoms with van der Waals surface area (Å²) >= 11 is 0. The Labute approximate surface area is 106 Å². The summed E-state index contributed by atoms with van der Waals surface area (Å²) < 4.78 is 28.2. The lowest BCUT2D eigenvalue weighted by molar-refractivity contribution is 0.0685. The highest BCUT2D eigenvalue weighted by Gasteiger charge is 2.41. The molecule has 0 amide bonds. The number of nitrogens with zero attached hydrogens (tertiary/aromatic N) is 1. The minimum atomic E-state index is -3.63. The molecule has 1 aromatic rings. The van der Waals surface area contributed by atoms with Crippen molar-refractivity contribution in [3.63, 3.8) is 0 Å². The lowest BCUT2D eigenvalue weighted by Gasteiger charge is -2.10. The molecule has 2 N–H and O–H groups in total. The van der Waals surface area contributed by atoms with E-state index in [4.69, 9.17) is 5.11 Å². The summed E-state index contributed by atoms with van der Waals surface area (Å²) in [6.07, 6.45) is 2.98. The average Bonchev–Trinajstić information content (AvgIpc) is 2.83. The van der Waals surface area contributed by atoms with Crippen LogP contribution in [0.3, 0.4) is 0 Å². The maximum Gasteiger partial charge on any atom is 0.352 e. The molecule has 2 rings (SSSR count). The summed E-state index contributed by atoms with van der Waals surface area (Å²) in [6.45, 7) is 4.01. The number of aromatic carboxylic acids is 1. The van der Waals surface area contributed by atoms with E-state index in [0.29, 0.717) is 6.54 Å². The van der Waals surface area contributed by atoms with Crippen LogP contribution in [-0.2, 0) is 16.6 Å². The number of hydrogen-bond acceptors (Lipinski definition) is 3. The fourth-order valence-electron chi connectivity index (χ4n) is 1.74. The van der Waals surface area contributed by atoms with Crippen LogP contribution in [0.4, 0.5) is 0 Å². The molecular weight excluding hydrogens is 256 g/mol. The van der Waals surface area contributed by atoms with Gasteiger partial charge in [-0.1, -0.05) is 0 Å². The molecule has 100 valence electrons. The SMILES string of the molecule is CCn1cc(S(=O)(=O)NC2(C)CC2)cc1C(=O)O. The molecule has 1 saturated carbocycles. The molecule has 0 radical (unpaired) electrons. The van der Waals surface area contributed by atoms with E-state index < -0.39 is 16.0 Å². The highest BCUT2D eigenvalue weighted by Crippen LogP contribution is 2.36. The van der Waals surface area contributed by atoms with Gasteiger partial charge < -0.3 is 9.67 Å². The van der Waals surface area contributed by atoms with Gasteiger partial charge in [0.15, 0.2) is 0 Å². The summed E-state index contributed by atoms with van der Waals surface area (Å²) in [4.78, 5) is 11.0. The summed E-state index contributed by atoms with van der Waals surface area (Å²) in [6, 6.07) is 1.19. The van der Waals surface area contributed by atoms with Gasteiger partial charge in [0.25, 0.3) is 0 Å². The molecule has 1 aromatic heterocycles. The van der Waals surface area contributed by atoms with Crippen LogP contribution < -0.4 is 4.72 Å². The average molecular weight is 272 g/mol. The number of carbonyl (C=O) groups is 1. The van der Waals surface area contributed by atoms with Crippen molar-refractivity contribution in [2.75, 3.05) is 0 Å². The van der Waals surface area contributed by atoms with Crippen molar-refractivity contribution >= 4 is 16.0 Å². The van der Waals surface area contributed by atoms with Gasteiger partial charge in [0, 0.05) is 18.3 Å². The number of carboxylic acid groups (broad SMARTS) is 1. The molecular formula is C11H16N2O4S. The number of aryl methyl sites for hydroxylation is 1. The molecule has 0 unspecified atom stereocenters. The van der Waals surface area contributed by atoms with Gasteiger partial charge in [-0.2, -0.15) is 0 Å². The number of rotatable bonds is 5. The van der Waals surface area contributed by atoms with Crippen LogP contribution in [0.1, 0.15) is 37.2 Å². The Morgan fingerprint density at radius 3 is 2.56 bits per heavy atom. The summed E-state index contributed by atoms with van der Waals surface area (Å²) in [5.41, 5.74) is -0.380.